The lowest BCUT2D eigenvalue weighted by Crippen LogP contribution is -2.41. The molecule has 6 nitrogen and oxygen atoms in total. The van der Waals surface area contributed by atoms with Crippen molar-refractivity contribution < 1.29 is 13.9 Å². The topological polar surface area (TPSA) is 81.6 Å². The smallest absolute Gasteiger partial charge is 0.291 e. The highest BCUT2D eigenvalue weighted by Crippen LogP contribution is 2.18. The van der Waals surface area contributed by atoms with Gasteiger partial charge in [0.05, 0.1) is 11.8 Å². The molecule has 0 bridgehead atoms. The highest BCUT2D eigenvalue weighted by Gasteiger charge is 2.27. The maximum atomic E-state index is 12.3. The van der Waals surface area contributed by atoms with Crippen molar-refractivity contribution in [2.24, 2.45) is 5.73 Å². The van der Waals surface area contributed by atoms with Crippen LogP contribution in [0.25, 0.3) is 0 Å². The van der Waals surface area contributed by atoms with E-state index in [4.69, 9.17) is 14.9 Å². The van der Waals surface area contributed by atoms with Crippen LogP contribution in [0.4, 0.5) is 0 Å². The van der Waals surface area contributed by atoms with Crippen LogP contribution in [-0.4, -0.2) is 48.1 Å². The largest absolute Gasteiger partial charge is 0.436 e. The van der Waals surface area contributed by atoms with Gasteiger partial charge in [-0.2, -0.15) is 0 Å². The van der Waals surface area contributed by atoms with Gasteiger partial charge >= 0.3 is 0 Å². The van der Waals surface area contributed by atoms with E-state index in [1.807, 2.05) is 4.90 Å². The van der Waals surface area contributed by atoms with Crippen LogP contribution in [0, 0.1) is 13.8 Å². The van der Waals surface area contributed by atoms with E-state index < -0.39 is 0 Å². The second kappa shape index (κ2) is 6.85. The third-order valence-corrected chi connectivity index (χ3v) is 3.53. The molecule has 1 aromatic rings. The SMILES string of the molecule is Cc1nc(C)c(C(=O)N2CCC(OCCCN)CC2)o1. The second-order valence-electron chi connectivity index (χ2n) is 5.15. The molecular formula is C14H23N3O3. The molecule has 0 aromatic carbocycles. The molecule has 1 saturated heterocycles. The zero-order valence-corrected chi connectivity index (χ0v) is 12.2. The summed E-state index contributed by atoms with van der Waals surface area (Å²) in [6.07, 6.45) is 2.85. The Morgan fingerprint density at radius 2 is 2.15 bits per heavy atom. The molecule has 1 aromatic heterocycles. The van der Waals surface area contributed by atoms with Crippen LogP contribution < -0.4 is 5.73 Å². The molecule has 0 aliphatic carbocycles. The standard InChI is InChI=1S/C14H23N3O3/c1-10-13(20-11(2)16-10)14(18)17-7-4-12(5-8-17)19-9-3-6-15/h12H,3-9,15H2,1-2H3. The van der Waals surface area contributed by atoms with Gasteiger partial charge in [0, 0.05) is 26.6 Å². The first-order valence-corrected chi connectivity index (χ1v) is 7.16. The summed E-state index contributed by atoms with van der Waals surface area (Å²) in [4.78, 5) is 18.3. The number of oxazole rings is 1. The predicted octanol–water partition coefficient (Wildman–Crippen LogP) is 1.26. The molecule has 0 atom stereocenters. The van der Waals surface area contributed by atoms with Crippen molar-refractivity contribution in [2.45, 2.75) is 39.2 Å². The van der Waals surface area contributed by atoms with Crippen LogP contribution >= 0.6 is 0 Å². The average molecular weight is 281 g/mol. The summed E-state index contributed by atoms with van der Waals surface area (Å²) in [6, 6.07) is 0. The third-order valence-electron chi connectivity index (χ3n) is 3.53. The molecular weight excluding hydrogens is 258 g/mol. The average Bonchev–Trinajstić information content (AvgIpc) is 2.78. The summed E-state index contributed by atoms with van der Waals surface area (Å²) in [5.41, 5.74) is 6.10. The number of carbonyl (C=O) groups is 1. The molecule has 1 aliphatic rings. The Morgan fingerprint density at radius 3 is 2.70 bits per heavy atom. The fraction of sp³-hybridized carbons (Fsp3) is 0.714. The van der Waals surface area contributed by atoms with Crippen LogP contribution in [0.3, 0.4) is 0 Å². The van der Waals surface area contributed by atoms with Crippen molar-refractivity contribution in [3.05, 3.63) is 17.3 Å². The number of ether oxygens (including phenoxy) is 1. The van der Waals surface area contributed by atoms with E-state index in [0.29, 0.717) is 43.6 Å². The lowest BCUT2D eigenvalue weighted by Gasteiger charge is -2.31. The van der Waals surface area contributed by atoms with Crippen LogP contribution in [0.2, 0.25) is 0 Å². The minimum Gasteiger partial charge on any atom is -0.436 e. The molecule has 20 heavy (non-hydrogen) atoms. The molecule has 0 radical (unpaired) electrons. The van der Waals surface area contributed by atoms with Gasteiger partial charge in [0.2, 0.25) is 5.76 Å². The van der Waals surface area contributed by atoms with E-state index in [9.17, 15) is 4.79 Å². The Balaban J connectivity index is 1.84. The van der Waals surface area contributed by atoms with Crippen molar-refractivity contribution in [3.63, 3.8) is 0 Å². The van der Waals surface area contributed by atoms with Crippen molar-refractivity contribution in [3.8, 4) is 0 Å². The Hall–Kier alpha value is -1.40. The number of hydrogen-bond acceptors (Lipinski definition) is 5. The van der Waals surface area contributed by atoms with Crippen molar-refractivity contribution in [1.82, 2.24) is 9.88 Å². The zero-order valence-electron chi connectivity index (χ0n) is 12.2. The molecule has 0 unspecified atom stereocenters. The number of rotatable bonds is 5. The Labute approximate surface area is 119 Å². The normalized spacial score (nSPS) is 16.6. The number of nitrogens with zero attached hydrogens (tertiary/aromatic N) is 2. The number of nitrogens with two attached hydrogens (primary N) is 1. The van der Waals surface area contributed by atoms with E-state index in [2.05, 4.69) is 4.98 Å². The molecule has 2 rings (SSSR count). The van der Waals surface area contributed by atoms with Gasteiger partial charge in [-0.15, -0.1) is 0 Å². The lowest BCUT2D eigenvalue weighted by molar-refractivity contribution is 0.00759. The maximum Gasteiger partial charge on any atom is 0.291 e. The quantitative estimate of drug-likeness (QED) is 0.822. The second-order valence-corrected chi connectivity index (χ2v) is 5.15. The molecule has 0 spiro atoms. The van der Waals surface area contributed by atoms with Crippen molar-refractivity contribution in [1.29, 1.82) is 0 Å². The molecule has 1 aliphatic heterocycles. The van der Waals surface area contributed by atoms with E-state index in [1.54, 1.807) is 13.8 Å². The summed E-state index contributed by atoms with van der Waals surface area (Å²) in [5, 5.41) is 0. The number of aryl methyl sites for hydroxylation is 2. The van der Waals surface area contributed by atoms with Gasteiger partial charge in [0.25, 0.3) is 5.91 Å². The van der Waals surface area contributed by atoms with Gasteiger partial charge in [-0.05, 0) is 32.7 Å². The summed E-state index contributed by atoms with van der Waals surface area (Å²) in [6.45, 7) is 6.31. The van der Waals surface area contributed by atoms with Crippen LogP contribution in [0.5, 0.6) is 0 Å². The molecule has 2 N–H and O–H groups in total. The first-order valence-electron chi connectivity index (χ1n) is 7.16. The number of hydrogen-bond donors (Lipinski definition) is 1. The zero-order chi connectivity index (χ0) is 14.5. The number of piperidine rings is 1. The van der Waals surface area contributed by atoms with Gasteiger partial charge in [0.1, 0.15) is 0 Å². The minimum atomic E-state index is -0.0662. The summed E-state index contributed by atoms with van der Waals surface area (Å²) < 4.78 is 11.1. The van der Waals surface area contributed by atoms with Gasteiger partial charge in [-0.3, -0.25) is 4.79 Å². The van der Waals surface area contributed by atoms with Gasteiger partial charge < -0.3 is 19.8 Å². The van der Waals surface area contributed by atoms with Crippen molar-refractivity contribution in [2.75, 3.05) is 26.2 Å². The van der Waals surface area contributed by atoms with E-state index in [0.717, 1.165) is 19.3 Å². The fourth-order valence-electron chi connectivity index (χ4n) is 2.43. The Morgan fingerprint density at radius 1 is 1.45 bits per heavy atom. The third kappa shape index (κ3) is 3.58. The van der Waals surface area contributed by atoms with Crippen molar-refractivity contribution >= 4 is 5.91 Å². The molecule has 0 saturated carbocycles. The van der Waals surface area contributed by atoms with E-state index >= 15 is 0 Å². The molecule has 1 amide bonds. The lowest BCUT2D eigenvalue weighted by atomic mass is 10.1. The highest BCUT2D eigenvalue weighted by molar-refractivity contribution is 5.92. The summed E-state index contributed by atoms with van der Waals surface area (Å²) >= 11 is 0. The predicted molar refractivity (Wildman–Crippen MR) is 74.5 cm³/mol. The Bertz CT molecular complexity index is 451. The minimum absolute atomic E-state index is 0.0662. The number of amides is 1. The van der Waals surface area contributed by atoms with Gasteiger partial charge in [0.15, 0.2) is 5.89 Å². The fourth-order valence-corrected chi connectivity index (χ4v) is 2.43. The molecule has 112 valence electrons. The first-order chi connectivity index (χ1) is 9.61. The monoisotopic (exact) mass is 281 g/mol. The Kier molecular flexibility index (Phi) is 5.14. The maximum absolute atomic E-state index is 12.3. The van der Waals surface area contributed by atoms with E-state index in [1.165, 1.54) is 0 Å². The summed E-state index contributed by atoms with van der Waals surface area (Å²) in [5.74, 6) is 0.833. The molecule has 2 heterocycles. The molecule has 6 heteroatoms. The van der Waals surface area contributed by atoms with E-state index in [-0.39, 0.29) is 12.0 Å². The van der Waals surface area contributed by atoms with Gasteiger partial charge in [-0.25, -0.2) is 4.98 Å². The van der Waals surface area contributed by atoms with Gasteiger partial charge in [-0.1, -0.05) is 0 Å². The molecule has 1 fully saturated rings. The number of aromatic nitrogens is 1. The summed E-state index contributed by atoms with van der Waals surface area (Å²) in [7, 11) is 0. The van der Waals surface area contributed by atoms with Crippen LogP contribution in [0.1, 0.15) is 41.4 Å². The van der Waals surface area contributed by atoms with Crippen LogP contribution in [-0.2, 0) is 4.74 Å². The van der Waals surface area contributed by atoms with Crippen LogP contribution in [0.15, 0.2) is 4.42 Å². The highest BCUT2D eigenvalue weighted by atomic mass is 16.5. The first kappa shape index (κ1) is 15.0. The number of carbonyl (C=O) groups excluding carboxylic acids is 1. The number of likely N-dealkylation sites (tertiary alicyclic amines) is 1.